The molecule has 1 unspecified atom stereocenters. The molecule has 4 nitrogen and oxygen atoms in total. The number of benzene rings is 2. The fraction of sp³-hybridized carbons (Fsp3) is 0.222. The van der Waals surface area contributed by atoms with Gasteiger partial charge < -0.3 is 10.2 Å². The van der Waals surface area contributed by atoms with Crippen LogP contribution in [0.2, 0.25) is 5.02 Å². The minimum atomic E-state index is -0.432. The Bertz CT molecular complexity index is 701. The summed E-state index contributed by atoms with van der Waals surface area (Å²) >= 11 is 5.88. The molecule has 1 saturated heterocycles. The van der Waals surface area contributed by atoms with Crippen molar-refractivity contribution in [2.24, 2.45) is 0 Å². The SMILES string of the molecule is O=C(Nc1ccccc1)C1CCC(=O)N1Cc1ccc(Cl)cc1. The lowest BCUT2D eigenvalue weighted by Crippen LogP contribution is -2.41. The number of likely N-dealkylation sites (tertiary alicyclic amines) is 1. The number of anilines is 1. The number of halogens is 1. The molecule has 118 valence electrons. The van der Waals surface area contributed by atoms with Crippen molar-refractivity contribution < 1.29 is 9.59 Å². The molecule has 23 heavy (non-hydrogen) atoms. The standard InChI is InChI=1S/C18H17ClN2O2/c19-14-8-6-13(7-9-14)12-21-16(10-11-17(21)22)18(23)20-15-4-2-1-3-5-15/h1-9,16H,10-12H2,(H,20,23). The summed E-state index contributed by atoms with van der Waals surface area (Å²) in [6.45, 7) is 0.420. The molecule has 0 saturated carbocycles. The third kappa shape index (κ3) is 3.71. The maximum atomic E-state index is 12.5. The van der Waals surface area contributed by atoms with Gasteiger partial charge in [-0.2, -0.15) is 0 Å². The van der Waals surface area contributed by atoms with Gasteiger partial charge in [0.2, 0.25) is 11.8 Å². The quantitative estimate of drug-likeness (QED) is 0.934. The van der Waals surface area contributed by atoms with Crippen LogP contribution in [0.15, 0.2) is 54.6 Å². The number of carbonyl (C=O) groups excluding carboxylic acids is 2. The number of amides is 2. The van der Waals surface area contributed by atoms with Crippen LogP contribution in [0.4, 0.5) is 5.69 Å². The van der Waals surface area contributed by atoms with E-state index in [1.807, 2.05) is 42.5 Å². The monoisotopic (exact) mass is 328 g/mol. The van der Waals surface area contributed by atoms with Crippen LogP contribution in [0, 0.1) is 0 Å². The maximum absolute atomic E-state index is 12.5. The second-order valence-corrected chi connectivity index (χ2v) is 5.99. The molecule has 0 spiro atoms. The molecule has 2 aromatic carbocycles. The predicted molar refractivity (Wildman–Crippen MR) is 90.1 cm³/mol. The molecule has 5 heteroatoms. The smallest absolute Gasteiger partial charge is 0.247 e. The summed E-state index contributed by atoms with van der Waals surface area (Å²) in [7, 11) is 0. The molecule has 1 fully saturated rings. The first kappa shape index (κ1) is 15.6. The van der Waals surface area contributed by atoms with Crippen molar-refractivity contribution >= 4 is 29.1 Å². The van der Waals surface area contributed by atoms with E-state index in [2.05, 4.69) is 5.32 Å². The Labute approximate surface area is 140 Å². The lowest BCUT2D eigenvalue weighted by molar-refractivity contribution is -0.133. The number of hydrogen-bond acceptors (Lipinski definition) is 2. The van der Waals surface area contributed by atoms with Gasteiger partial charge in [-0.1, -0.05) is 41.9 Å². The summed E-state index contributed by atoms with van der Waals surface area (Å²) in [5.41, 5.74) is 1.70. The van der Waals surface area contributed by atoms with Gasteiger partial charge in [-0.25, -0.2) is 0 Å². The summed E-state index contributed by atoms with van der Waals surface area (Å²) in [6.07, 6.45) is 0.950. The summed E-state index contributed by atoms with van der Waals surface area (Å²) in [4.78, 5) is 26.3. The van der Waals surface area contributed by atoms with Gasteiger partial charge in [0, 0.05) is 23.7 Å². The fourth-order valence-electron chi connectivity index (χ4n) is 2.74. The molecule has 1 atom stereocenters. The molecule has 3 rings (SSSR count). The highest BCUT2D eigenvalue weighted by Crippen LogP contribution is 2.23. The second-order valence-electron chi connectivity index (χ2n) is 5.56. The molecular weight excluding hydrogens is 312 g/mol. The van der Waals surface area contributed by atoms with Crippen molar-refractivity contribution in [2.75, 3.05) is 5.32 Å². The Morgan fingerprint density at radius 3 is 2.52 bits per heavy atom. The molecule has 0 radical (unpaired) electrons. The Hall–Kier alpha value is -2.33. The Balaban J connectivity index is 1.71. The van der Waals surface area contributed by atoms with Crippen LogP contribution in [0.1, 0.15) is 18.4 Å². The van der Waals surface area contributed by atoms with Crippen LogP contribution < -0.4 is 5.32 Å². The molecule has 1 aliphatic heterocycles. The summed E-state index contributed by atoms with van der Waals surface area (Å²) < 4.78 is 0. The van der Waals surface area contributed by atoms with Crippen molar-refractivity contribution in [1.82, 2.24) is 4.90 Å². The first-order valence-corrected chi connectivity index (χ1v) is 7.91. The highest BCUT2D eigenvalue weighted by molar-refractivity contribution is 6.30. The van der Waals surface area contributed by atoms with Crippen LogP contribution in [0.3, 0.4) is 0 Å². The summed E-state index contributed by atoms with van der Waals surface area (Å²) in [6, 6.07) is 16.2. The van der Waals surface area contributed by atoms with E-state index in [0.29, 0.717) is 24.4 Å². The Kier molecular flexibility index (Phi) is 4.63. The van der Waals surface area contributed by atoms with E-state index in [-0.39, 0.29) is 11.8 Å². The molecule has 2 amide bonds. The first-order valence-electron chi connectivity index (χ1n) is 7.53. The van der Waals surface area contributed by atoms with Gasteiger partial charge in [0.15, 0.2) is 0 Å². The number of rotatable bonds is 4. The Morgan fingerprint density at radius 1 is 1.13 bits per heavy atom. The van der Waals surface area contributed by atoms with Crippen LogP contribution >= 0.6 is 11.6 Å². The van der Waals surface area contributed by atoms with Gasteiger partial charge in [0.25, 0.3) is 0 Å². The van der Waals surface area contributed by atoms with Gasteiger partial charge >= 0.3 is 0 Å². The highest BCUT2D eigenvalue weighted by Gasteiger charge is 2.35. The average Bonchev–Trinajstić information content (AvgIpc) is 2.92. The molecule has 1 heterocycles. The zero-order valence-corrected chi connectivity index (χ0v) is 13.3. The summed E-state index contributed by atoms with van der Waals surface area (Å²) in [5.74, 6) is -0.135. The molecule has 1 N–H and O–H groups in total. The fourth-order valence-corrected chi connectivity index (χ4v) is 2.86. The van der Waals surface area contributed by atoms with Crippen LogP contribution in [0.25, 0.3) is 0 Å². The van der Waals surface area contributed by atoms with Crippen molar-refractivity contribution in [2.45, 2.75) is 25.4 Å². The van der Waals surface area contributed by atoms with Crippen LogP contribution in [-0.2, 0) is 16.1 Å². The van der Waals surface area contributed by atoms with Crippen molar-refractivity contribution in [3.8, 4) is 0 Å². The van der Waals surface area contributed by atoms with E-state index in [4.69, 9.17) is 11.6 Å². The number of carbonyl (C=O) groups is 2. The van der Waals surface area contributed by atoms with Gasteiger partial charge in [-0.3, -0.25) is 9.59 Å². The van der Waals surface area contributed by atoms with Gasteiger partial charge in [-0.15, -0.1) is 0 Å². The van der Waals surface area contributed by atoms with E-state index in [9.17, 15) is 9.59 Å². The highest BCUT2D eigenvalue weighted by atomic mass is 35.5. The average molecular weight is 329 g/mol. The lowest BCUT2D eigenvalue weighted by atomic mass is 10.1. The van der Waals surface area contributed by atoms with Crippen molar-refractivity contribution in [3.63, 3.8) is 0 Å². The predicted octanol–water partition coefficient (Wildman–Crippen LogP) is 3.47. The van der Waals surface area contributed by atoms with E-state index in [0.717, 1.165) is 11.3 Å². The number of para-hydroxylation sites is 1. The van der Waals surface area contributed by atoms with Gasteiger partial charge in [-0.05, 0) is 36.2 Å². The molecule has 0 aromatic heterocycles. The molecule has 0 bridgehead atoms. The largest absolute Gasteiger partial charge is 0.326 e. The zero-order chi connectivity index (χ0) is 16.2. The van der Waals surface area contributed by atoms with Crippen LogP contribution in [0.5, 0.6) is 0 Å². The number of nitrogens with one attached hydrogen (secondary N) is 1. The molecular formula is C18H17ClN2O2. The second kappa shape index (κ2) is 6.84. The third-order valence-corrected chi connectivity index (χ3v) is 4.19. The van der Waals surface area contributed by atoms with Crippen molar-refractivity contribution in [1.29, 1.82) is 0 Å². The minimum Gasteiger partial charge on any atom is -0.326 e. The molecule has 2 aromatic rings. The van der Waals surface area contributed by atoms with E-state index in [1.165, 1.54) is 0 Å². The Morgan fingerprint density at radius 2 is 1.83 bits per heavy atom. The number of nitrogens with zero attached hydrogens (tertiary/aromatic N) is 1. The van der Waals surface area contributed by atoms with Crippen LogP contribution in [-0.4, -0.2) is 22.8 Å². The zero-order valence-electron chi connectivity index (χ0n) is 12.5. The van der Waals surface area contributed by atoms with Gasteiger partial charge in [0.1, 0.15) is 6.04 Å². The molecule has 1 aliphatic rings. The summed E-state index contributed by atoms with van der Waals surface area (Å²) in [5, 5.41) is 3.53. The van der Waals surface area contributed by atoms with E-state index in [1.54, 1.807) is 17.0 Å². The maximum Gasteiger partial charge on any atom is 0.247 e. The van der Waals surface area contributed by atoms with E-state index < -0.39 is 6.04 Å². The number of hydrogen-bond donors (Lipinski definition) is 1. The lowest BCUT2D eigenvalue weighted by Gasteiger charge is -2.24. The minimum absolute atomic E-state index is 0.00756. The van der Waals surface area contributed by atoms with E-state index >= 15 is 0 Å². The molecule has 0 aliphatic carbocycles. The first-order chi connectivity index (χ1) is 11.1. The third-order valence-electron chi connectivity index (χ3n) is 3.94. The normalized spacial score (nSPS) is 17.3. The van der Waals surface area contributed by atoms with Gasteiger partial charge in [0.05, 0.1) is 0 Å². The van der Waals surface area contributed by atoms with Crippen molar-refractivity contribution in [3.05, 3.63) is 65.2 Å². The topological polar surface area (TPSA) is 49.4 Å².